The predicted octanol–water partition coefficient (Wildman–Crippen LogP) is 2.31. The van der Waals surface area contributed by atoms with Gasteiger partial charge in [-0.2, -0.15) is 5.10 Å². The lowest BCUT2D eigenvalue weighted by Crippen LogP contribution is -2.49. The van der Waals surface area contributed by atoms with Gasteiger partial charge in [-0.3, -0.25) is 4.68 Å². The molecule has 2 unspecified atom stereocenters. The highest BCUT2D eigenvalue weighted by molar-refractivity contribution is 6.31. The van der Waals surface area contributed by atoms with Crippen LogP contribution < -0.4 is 5.32 Å². The number of aliphatic hydroxyl groups is 1. The second-order valence-electron chi connectivity index (χ2n) is 6.32. The molecule has 4 nitrogen and oxygen atoms in total. The van der Waals surface area contributed by atoms with E-state index < -0.39 is 5.60 Å². The first-order valence-corrected chi connectivity index (χ1v) is 8.15. The fourth-order valence-electron chi connectivity index (χ4n) is 3.87. The Morgan fingerprint density at radius 1 is 1.35 bits per heavy atom. The lowest BCUT2D eigenvalue weighted by atomic mass is 9.83. The van der Waals surface area contributed by atoms with Gasteiger partial charge in [-0.15, -0.1) is 0 Å². The van der Waals surface area contributed by atoms with Gasteiger partial charge in [0.15, 0.2) is 0 Å². The molecule has 2 fully saturated rings. The summed E-state index contributed by atoms with van der Waals surface area (Å²) in [6, 6.07) is 0.947. The van der Waals surface area contributed by atoms with Crippen LogP contribution in [0.2, 0.25) is 5.02 Å². The van der Waals surface area contributed by atoms with E-state index in [1.54, 1.807) is 0 Å². The van der Waals surface area contributed by atoms with Crippen molar-refractivity contribution in [2.45, 2.75) is 76.6 Å². The molecule has 2 aliphatic heterocycles. The van der Waals surface area contributed by atoms with Gasteiger partial charge in [0, 0.05) is 25.0 Å². The van der Waals surface area contributed by atoms with Gasteiger partial charge in [-0.05, 0) is 39.0 Å². The molecule has 2 saturated heterocycles. The summed E-state index contributed by atoms with van der Waals surface area (Å²) in [5.41, 5.74) is 1.33. The minimum atomic E-state index is -0.626. The molecule has 0 spiro atoms. The van der Waals surface area contributed by atoms with Crippen molar-refractivity contribution in [1.29, 1.82) is 0 Å². The van der Waals surface area contributed by atoms with Crippen molar-refractivity contribution in [2.24, 2.45) is 0 Å². The molecule has 1 aromatic rings. The molecule has 2 bridgehead atoms. The summed E-state index contributed by atoms with van der Waals surface area (Å²) in [6.45, 7) is 4.94. The van der Waals surface area contributed by atoms with Crippen LogP contribution in [0, 0.1) is 0 Å². The highest BCUT2D eigenvalue weighted by Gasteiger charge is 2.43. The Morgan fingerprint density at radius 3 is 2.55 bits per heavy atom. The Bertz CT molecular complexity index is 488. The quantitative estimate of drug-likeness (QED) is 0.897. The number of rotatable bonds is 4. The molecule has 1 aromatic heterocycles. The summed E-state index contributed by atoms with van der Waals surface area (Å²) >= 11 is 6.47. The van der Waals surface area contributed by atoms with E-state index in [1.165, 1.54) is 12.8 Å². The largest absolute Gasteiger partial charge is 0.389 e. The minimum Gasteiger partial charge on any atom is -0.389 e. The molecular weight excluding hydrogens is 274 g/mol. The van der Waals surface area contributed by atoms with Gasteiger partial charge in [0.25, 0.3) is 0 Å². The number of hydrogen-bond donors (Lipinski definition) is 2. The molecule has 0 radical (unpaired) electrons. The van der Waals surface area contributed by atoms with Gasteiger partial charge in [-0.1, -0.05) is 18.5 Å². The Balaban J connectivity index is 1.85. The number of halogens is 1. The van der Waals surface area contributed by atoms with Crippen LogP contribution >= 0.6 is 11.6 Å². The third kappa shape index (κ3) is 2.49. The normalized spacial score (nSPS) is 32.8. The van der Waals surface area contributed by atoms with Crippen molar-refractivity contribution in [3.05, 3.63) is 16.4 Å². The molecule has 20 heavy (non-hydrogen) atoms. The molecule has 3 rings (SSSR count). The Hall–Kier alpha value is -0.580. The monoisotopic (exact) mass is 297 g/mol. The maximum absolute atomic E-state index is 11.0. The standard InChI is InChI=1S/C15H24ClN3O/c1-3-12-14(16)13(19(4-2)18-12)9-15(20)7-10-5-6-11(8-15)17-10/h10-11,17,20H,3-9H2,1-2H3. The SMILES string of the molecule is CCc1nn(CC)c(CC2(O)CC3CCC(C2)N3)c1Cl. The van der Waals surface area contributed by atoms with Crippen molar-refractivity contribution < 1.29 is 5.11 Å². The third-order valence-electron chi connectivity index (χ3n) is 4.78. The van der Waals surface area contributed by atoms with Gasteiger partial charge >= 0.3 is 0 Å². The summed E-state index contributed by atoms with van der Waals surface area (Å²) < 4.78 is 1.96. The number of hydrogen-bond acceptors (Lipinski definition) is 3. The fraction of sp³-hybridized carbons (Fsp3) is 0.800. The van der Waals surface area contributed by atoms with Gasteiger partial charge in [-0.25, -0.2) is 0 Å². The first-order chi connectivity index (χ1) is 9.54. The van der Waals surface area contributed by atoms with E-state index >= 15 is 0 Å². The number of nitrogens with zero attached hydrogens (tertiary/aromatic N) is 2. The molecule has 0 saturated carbocycles. The van der Waals surface area contributed by atoms with Gasteiger partial charge in [0.05, 0.1) is 22.0 Å². The van der Waals surface area contributed by atoms with E-state index in [0.29, 0.717) is 18.5 Å². The van der Waals surface area contributed by atoms with Crippen molar-refractivity contribution >= 4 is 11.6 Å². The van der Waals surface area contributed by atoms with Crippen LogP contribution in [0.3, 0.4) is 0 Å². The Kier molecular flexibility index (Phi) is 3.82. The lowest BCUT2D eigenvalue weighted by Gasteiger charge is -2.37. The third-order valence-corrected chi connectivity index (χ3v) is 5.21. The zero-order valence-corrected chi connectivity index (χ0v) is 13.1. The van der Waals surface area contributed by atoms with Crippen molar-refractivity contribution in [3.8, 4) is 0 Å². The number of piperidine rings is 1. The molecule has 2 atom stereocenters. The number of nitrogens with one attached hydrogen (secondary N) is 1. The average Bonchev–Trinajstić information content (AvgIpc) is 2.91. The van der Waals surface area contributed by atoms with Gasteiger partial charge < -0.3 is 10.4 Å². The van der Waals surface area contributed by atoms with Gasteiger partial charge in [0.1, 0.15) is 0 Å². The molecule has 3 heterocycles. The molecule has 0 aliphatic carbocycles. The summed E-state index contributed by atoms with van der Waals surface area (Å²) in [4.78, 5) is 0. The Morgan fingerprint density at radius 2 is 2.00 bits per heavy atom. The molecule has 0 aromatic carbocycles. The fourth-order valence-corrected chi connectivity index (χ4v) is 4.20. The zero-order chi connectivity index (χ0) is 14.3. The molecule has 112 valence electrons. The van der Waals surface area contributed by atoms with Crippen molar-refractivity contribution in [3.63, 3.8) is 0 Å². The minimum absolute atomic E-state index is 0.473. The van der Waals surface area contributed by atoms with Crippen LogP contribution in [0.1, 0.15) is 50.9 Å². The van der Waals surface area contributed by atoms with Crippen LogP contribution in [0.4, 0.5) is 0 Å². The van der Waals surface area contributed by atoms with E-state index in [1.807, 2.05) is 4.68 Å². The van der Waals surface area contributed by atoms with Crippen LogP contribution in [-0.4, -0.2) is 32.6 Å². The van der Waals surface area contributed by atoms with E-state index in [2.05, 4.69) is 24.3 Å². The first-order valence-electron chi connectivity index (χ1n) is 7.77. The predicted molar refractivity (Wildman–Crippen MR) is 80.1 cm³/mol. The van der Waals surface area contributed by atoms with E-state index in [9.17, 15) is 5.11 Å². The highest BCUT2D eigenvalue weighted by atomic mass is 35.5. The van der Waals surface area contributed by atoms with Crippen molar-refractivity contribution in [1.82, 2.24) is 15.1 Å². The zero-order valence-electron chi connectivity index (χ0n) is 12.3. The van der Waals surface area contributed by atoms with Crippen LogP contribution in [0.25, 0.3) is 0 Å². The van der Waals surface area contributed by atoms with Crippen LogP contribution in [0.15, 0.2) is 0 Å². The summed E-state index contributed by atoms with van der Waals surface area (Å²) in [6.07, 6.45) is 5.50. The second kappa shape index (κ2) is 5.32. The molecule has 2 aliphatic rings. The topological polar surface area (TPSA) is 50.1 Å². The summed E-state index contributed by atoms with van der Waals surface area (Å²) in [5.74, 6) is 0. The van der Waals surface area contributed by atoms with Crippen LogP contribution in [0.5, 0.6) is 0 Å². The van der Waals surface area contributed by atoms with E-state index in [4.69, 9.17) is 11.6 Å². The smallest absolute Gasteiger partial charge is 0.0850 e. The van der Waals surface area contributed by atoms with E-state index in [0.717, 1.165) is 42.2 Å². The maximum atomic E-state index is 11.0. The number of fused-ring (bicyclic) bond motifs is 2. The highest BCUT2D eigenvalue weighted by Crippen LogP contribution is 2.37. The molecule has 0 amide bonds. The lowest BCUT2D eigenvalue weighted by molar-refractivity contribution is -0.00766. The molecular formula is C15H24ClN3O. The maximum Gasteiger partial charge on any atom is 0.0850 e. The van der Waals surface area contributed by atoms with Crippen LogP contribution in [-0.2, 0) is 19.4 Å². The van der Waals surface area contributed by atoms with Crippen molar-refractivity contribution in [2.75, 3.05) is 0 Å². The summed E-state index contributed by atoms with van der Waals surface area (Å²) in [5, 5.41) is 19.9. The Labute approximate surface area is 125 Å². The second-order valence-corrected chi connectivity index (χ2v) is 6.70. The summed E-state index contributed by atoms with van der Waals surface area (Å²) in [7, 11) is 0. The molecule has 5 heteroatoms. The number of aromatic nitrogens is 2. The first kappa shape index (κ1) is 14.4. The average molecular weight is 298 g/mol. The van der Waals surface area contributed by atoms with E-state index in [-0.39, 0.29) is 0 Å². The van der Waals surface area contributed by atoms with Gasteiger partial charge in [0.2, 0.25) is 0 Å². The number of aryl methyl sites for hydroxylation is 2. The molecule has 2 N–H and O–H groups in total.